The van der Waals surface area contributed by atoms with Gasteiger partial charge < -0.3 is 5.32 Å². The van der Waals surface area contributed by atoms with Crippen molar-refractivity contribution in [1.82, 2.24) is 10.2 Å². The smallest absolute Gasteiger partial charge is 0.0229 e. The summed E-state index contributed by atoms with van der Waals surface area (Å²) in [6.07, 6.45) is 4.16. The normalized spacial score (nSPS) is 36.2. The van der Waals surface area contributed by atoms with Gasteiger partial charge in [0.25, 0.3) is 0 Å². The molecule has 0 radical (unpaired) electrons. The molecule has 2 rings (SSSR count). The van der Waals surface area contributed by atoms with Gasteiger partial charge in [0, 0.05) is 24.2 Å². The van der Waals surface area contributed by atoms with Crippen molar-refractivity contribution in [1.29, 1.82) is 0 Å². The first kappa shape index (κ1) is 9.47. The standard InChI is InChI=1S/C11H22N2/c1-11(2,3)13-9-4-5-10(13)8-12-7-6-9/h9-10,12H,4-8H2,1-3H3/t9-,10+/m1/s1. The molecule has 0 aromatic heterocycles. The number of nitrogens with zero attached hydrogens (tertiary/aromatic N) is 1. The largest absolute Gasteiger partial charge is 0.315 e. The number of hydrogen-bond acceptors (Lipinski definition) is 2. The molecule has 76 valence electrons. The summed E-state index contributed by atoms with van der Waals surface area (Å²) in [6, 6.07) is 1.65. The topological polar surface area (TPSA) is 15.3 Å². The third kappa shape index (κ3) is 1.75. The number of rotatable bonds is 0. The minimum absolute atomic E-state index is 0.359. The Morgan fingerprint density at radius 2 is 1.77 bits per heavy atom. The van der Waals surface area contributed by atoms with Gasteiger partial charge in [-0.1, -0.05) is 0 Å². The lowest BCUT2D eigenvalue weighted by molar-refractivity contribution is 0.0839. The monoisotopic (exact) mass is 182 g/mol. The van der Waals surface area contributed by atoms with Crippen molar-refractivity contribution >= 4 is 0 Å². The maximum Gasteiger partial charge on any atom is 0.0229 e. The molecule has 0 aliphatic carbocycles. The SMILES string of the molecule is CC(C)(C)N1[C@H]2CCNC[C@@H]1CC2. The quantitative estimate of drug-likeness (QED) is 0.612. The molecule has 2 aliphatic rings. The van der Waals surface area contributed by atoms with Crippen molar-refractivity contribution in [2.75, 3.05) is 13.1 Å². The van der Waals surface area contributed by atoms with Gasteiger partial charge in [0.15, 0.2) is 0 Å². The maximum atomic E-state index is 3.54. The molecular formula is C11H22N2. The van der Waals surface area contributed by atoms with Crippen molar-refractivity contribution in [3.8, 4) is 0 Å². The van der Waals surface area contributed by atoms with Crippen LogP contribution >= 0.6 is 0 Å². The third-order valence-electron chi connectivity index (χ3n) is 3.43. The van der Waals surface area contributed by atoms with Crippen LogP contribution in [0.1, 0.15) is 40.0 Å². The van der Waals surface area contributed by atoms with Crippen molar-refractivity contribution in [2.24, 2.45) is 0 Å². The third-order valence-corrected chi connectivity index (χ3v) is 3.43. The molecule has 0 saturated carbocycles. The lowest BCUT2D eigenvalue weighted by Gasteiger charge is -2.40. The minimum Gasteiger partial charge on any atom is -0.315 e. The van der Waals surface area contributed by atoms with Crippen LogP contribution in [0.3, 0.4) is 0 Å². The Balaban J connectivity index is 2.16. The van der Waals surface area contributed by atoms with E-state index >= 15 is 0 Å². The van der Waals surface area contributed by atoms with E-state index in [-0.39, 0.29) is 0 Å². The summed E-state index contributed by atoms with van der Waals surface area (Å²) in [6.45, 7) is 9.47. The van der Waals surface area contributed by atoms with Gasteiger partial charge in [0.2, 0.25) is 0 Å². The molecule has 1 N–H and O–H groups in total. The van der Waals surface area contributed by atoms with Gasteiger partial charge in [-0.05, 0) is 46.6 Å². The van der Waals surface area contributed by atoms with Crippen molar-refractivity contribution < 1.29 is 0 Å². The summed E-state index contributed by atoms with van der Waals surface area (Å²) < 4.78 is 0. The van der Waals surface area contributed by atoms with E-state index in [1.165, 1.54) is 32.4 Å². The fourth-order valence-corrected chi connectivity index (χ4v) is 3.08. The number of nitrogens with one attached hydrogen (secondary N) is 1. The fourth-order valence-electron chi connectivity index (χ4n) is 3.08. The molecule has 2 nitrogen and oxygen atoms in total. The van der Waals surface area contributed by atoms with Crippen molar-refractivity contribution in [2.45, 2.75) is 57.7 Å². The summed E-state index contributed by atoms with van der Waals surface area (Å²) in [7, 11) is 0. The van der Waals surface area contributed by atoms with E-state index in [0.717, 1.165) is 12.1 Å². The Morgan fingerprint density at radius 3 is 2.46 bits per heavy atom. The molecule has 2 aliphatic heterocycles. The fraction of sp³-hybridized carbons (Fsp3) is 1.00. The molecule has 2 atom stereocenters. The molecule has 2 bridgehead atoms. The predicted molar refractivity (Wildman–Crippen MR) is 55.9 cm³/mol. The molecule has 0 spiro atoms. The van der Waals surface area contributed by atoms with Gasteiger partial charge in [-0.2, -0.15) is 0 Å². The van der Waals surface area contributed by atoms with Gasteiger partial charge in [0.05, 0.1) is 0 Å². The van der Waals surface area contributed by atoms with E-state index in [0.29, 0.717) is 5.54 Å². The molecule has 2 heterocycles. The average Bonchev–Trinajstić information content (AvgIpc) is 2.22. The van der Waals surface area contributed by atoms with Gasteiger partial charge in [-0.15, -0.1) is 0 Å². The highest BCUT2D eigenvalue weighted by molar-refractivity contribution is 4.97. The summed E-state index contributed by atoms with van der Waals surface area (Å²) in [4.78, 5) is 2.74. The van der Waals surface area contributed by atoms with Crippen LogP contribution in [0.15, 0.2) is 0 Å². The van der Waals surface area contributed by atoms with E-state index in [4.69, 9.17) is 0 Å². The first-order valence-corrected chi connectivity index (χ1v) is 5.58. The van der Waals surface area contributed by atoms with E-state index < -0.39 is 0 Å². The van der Waals surface area contributed by atoms with E-state index in [1.54, 1.807) is 0 Å². The summed E-state index contributed by atoms with van der Waals surface area (Å²) in [5.41, 5.74) is 0.359. The number of hydrogen-bond donors (Lipinski definition) is 1. The Labute approximate surface area is 81.7 Å². The second-order valence-corrected chi connectivity index (χ2v) is 5.46. The minimum atomic E-state index is 0.359. The lowest BCUT2D eigenvalue weighted by Crippen LogP contribution is -2.49. The zero-order valence-corrected chi connectivity index (χ0v) is 9.14. The highest BCUT2D eigenvalue weighted by Crippen LogP contribution is 2.34. The van der Waals surface area contributed by atoms with E-state index in [2.05, 4.69) is 31.0 Å². The maximum absolute atomic E-state index is 3.54. The highest BCUT2D eigenvalue weighted by Gasteiger charge is 2.40. The van der Waals surface area contributed by atoms with Crippen LogP contribution in [0.4, 0.5) is 0 Å². The first-order valence-electron chi connectivity index (χ1n) is 5.58. The molecule has 0 amide bonds. The number of fused-ring (bicyclic) bond motifs is 2. The van der Waals surface area contributed by atoms with Crippen LogP contribution in [0, 0.1) is 0 Å². The lowest BCUT2D eigenvalue weighted by atomic mass is 10.0. The van der Waals surface area contributed by atoms with Crippen LogP contribution in [0.25, 0.3) is 0 Å². The summed E-state index contributed by atoms with van der Waals surface area (Å²) in [5.74, 6) is 0. The van der Waals surface area contributed by atoms with E-state index in [1.807, 2.05) is 0 Å². The molecule has 2 saturated heterocycles. The average molecular weight is 182 g/mol. The van der Waals surface area contributed by atoms with Crippen LogP contribution in [-0.2, 0) is 0 Å². The predicted octanol–water partition coefficient (Wildman–Crippen LogP) is 1.61. The zero-order chi connectivity index (χ0) is 9.47. The second kappa shape index (κ2) is 3.25. The van der Waals surface area contributed by atoms with Crippen LogP contribution in [0.5, 0.6) is 0 Å². The first-order chi connectivity index (χ1) is 6.09. The van der Waals surface area contributed by atoms with Gasteiger partial charge in [-0.25, -0.2) is 0 Å². The van der Waals surface area contributed by atoms with Crippen LogP contribution < -0.4 is 5.32 Å². The summed E-state index contributed by atoms with van der Waals surface area (Å²) >= 11 is 0. The summed E-state index contributed by atoms with van der Waals surface area (Å²) in [5, 5.41) is 3.54. The molecule has 0 aromatic carbocycles. The zero-order valence-electron chi connectivity index (χ0n) is 9.14. The molecule has 13 heavy (non-hydrogen) atoms. The van der Waals surface area contributed by atoms with Crippen LogP contribution in [-0.4, -0.2) is 35.6 Å². The molecule has 2 fully saturated rings. The van der Waals surface area contributed by atoms with Gasteiger partial charge in [0.1, 0.15) is 0 Å². The Hall–Kier alpha value is -0.0800. The highest BCUT2D eigenvalue weighted by atomic mass is 15.3. The van der Waals surface area contributed by atoms with Gasteiger partial charge >= 0.3 is 0 Å². The van der Waals surface area contributed by atoms with Crippen molar-refractivity contribution in [3.05, 3.63) is 0 Å². The molecule has 2 heteroatoms. The molecule has 0 unspecified atom stereocenters. The second-order valence-electron chi connectivity index (χ2n) is 5.46. The molecule has 0 aromatic rings. The van der Waals surface area contributed by atoms with Crippen LogP contribution in [0.2, 0.25) is 0 Å². The Kier molecular flexibility index (Phi) is 2.37. The van der Waals surface area contributed by atoms with Gasteiger partial charge in [-0.3, -0.25) is 4.90 Å². The Bertz CT molecular complexity index is 169. The molecular weight excluding hydrogens is 160 g/mol. The Morgan fingerprint density at radius 1 is 1.08 bits per heavy atom. The van der Waals surface area contributed by atoms with E-state index in [9.17, 15) is 0 Å². The van der Waals surface area contributed by atoms with Crippen molar-refractivity contribution in [3.63, 3.8) is 0 Å².